The van der Waals surface area contributed by atoms with E-state index in [0.717, 1.165) is 11.1 Å². The van der Waals surface area contributed by atoms with Gasteiger partial charge in [0.25, 0.3) is 11.6 Å². The van der Waals surface area contributed by atoms with Gasteiger partial charge in [-0.05, 0) is 17.2 Å². The van der Waals surface area contributed by atoms with Crippen LogP contribution in [0.4, 0.5) is 11.4 Å². The second-order valence-corrected chi connectivity index (χ2v) is 6.40. The Balaban J connectivity index is 1.67. The minimum atomic E-state index is -0.537. The van der Waals surface area contributed by atoms with Gasteiger partial charge >= 0.3 is 0 Å². The minimum absolute atomic E-state index is 0.121. The van der Waals surface area contributed by atoms with Crippen molar-refractivity contribution < 1.29 is 14.6 Å². The summed E-state index contributed by atoms with van der Waals surface area (Å²) in [7, 11) is 0. The summed E-state index contributed by atoms with van der Waals surface area (Å²) < 4.78 is 0. The number of hydrogen-bond donors (Lipinski definition) is 2. The minimum Gasteiger partial charge on any atom is -0.384 e. The lowest BCUT2D eigenvalue weighted by atomic mass is 9.90. The first-order chi connectivity index (χ1) is 14.5. The number of nitro groups is 1. The highest BCUT2D eigenvalue weighted by Crippen LogP contribution is 2.24. The summed E-state index contributed by atoms with van der Waals surface area (Å²) in [6.45, 7) is -0.389. The number of benzene rings is 3. The Morgan fingerprint density at radius 3 is 2.17 bits per heavy atom. The summed E-state index contributed by atoms with van der Waals surface area (Å²) >= 11 is 0. The molecular weight excluding hydrogens is 384 g/mol. The SMILES string of the molecule is N/C(=N/OCC(=O)Nc1cccc([N+](=O)[O-])c1)C(c1ccccc1)c1ccccc1. The van der Waals surface area contributed by atoms with Gasteiger partial charge in [0.2, 0.25) is 0 Å². The number of nitrogens with two attached hydrogens (primary N) is 1. The lowest BCUT2D eigenvalue weighted by molar-refractivity contribution is -0.384. The maximum Gasteiger partial charge on any atom is 0.271 e. The van der Waals surface area contributed by atoms with Crippen LogP contribution in [0.15, 0.2) is 90.1 Å². The average Bonchev–Trinajstić information content (AvgIpc) is 2.75. The van der Waals surface area contributed by atoms with Gasteiger partial charge in [-0.1, -0.05) is 71.9 Å². The van der Waals surface area contributed by atoms with Crippen LogP contribution < -0.4 is 11.1 Å². The number of carbonyl (C=O) groups excluding carboxylic acids is 1. The Hall–Kier alpha value is -4.20. The first-order valence-electron chi connectivity index (χ1n) is 9.14. The Morgan fingerprint density at radius 2 is 1.60 bits per heavy atom. The standard InChI is InChI=1S/C22H20N4O4/c23-22(21(16-8-3-1-4-9-16)17-10-5-2-6-11-17)25-30-15-20(27)24-18-12-7-13-19(14-18)26(28)29/h1-14,21H,15H2,(H2,23,25)(H,24,27). The van der Waals surface area contributed by atoms with Crippen molar-refractivity contribution in [3.63, 3.8) is 0 Å². The molecule has 0 saturated carbocycles. The fourth-order valence-corrected chi connectivity index (χ4v) is 2.94. The quantitative estimate of drug-likeness (QED) is 0.257. The van der Waals surface area contributed by atoms with Crippen LogP contribution in [0.3, 0.4) is 0 Å². The van der Waals surface area contributed by atoms with Crippen LogP contribution in [0, 0.1) is 10.1 Å². The van der Waals surface area contributed by atoms with Crippen LogP contribution in [0.5, 0.6) is 0 Å². The van der Waals surface area contributed by atoms with Crippen LogP contribution in [-0.4, -0.2) is 23.3 Å². The zero-order chi connectivity index (χ0) is 21.3. The molecule has 3 aromatic rings. The molecule has 0 aliphatic carbocycles. The molecule has 152 valence electrons. The van der Waals surface area contributed by atoms with Crippen molar-refractivity contribution in [3.05, 3.63) is 106 Å². The van der Waals surface area contributed by atoms with Crippen molar-refractivity contribution in [1.29, 1.82) is 0 Å². The van der Waals surface area contributed by atoms with Crippen molar-refractivity contribution in [2.75, 3.05) is 11.9 Å². The molecule has 0 unspecified atom stereocenters. The highest BCUT2D eigenvalue weighted by Gasteiger charge is 2.19. The van der Waals surface area contributed by atoms with Crippen molar-refractivity contribution in [2.45, 2.75) is 5.92 Å². The lowest BCUT2D eigenvalue weighted by Crippen LogP contribution is -2.24. The summed E-state index contributed by atoms with van der Waals surface area (Å²) in [5, 5.41) is 17.3. The van der Waals surface area contributed by atoms with Gasteiger partial charge in [-0.25, -0.2) is 0 Å². The van der Waals surface area contributed by atoms with E-state index >= 15 is 0 Å². The molecular formula is C22H20N4O4. The molecule has 0 atom stereocenters. The van der Waals surface area contributed by atoms with Crippen LogP contribution in [-0.2, 0) is 9.63 Å². The molecule has 8 nitrogen and oxygen atoms in total. The molecule has 3 rings (SSSR count). The number of amides is 1. The predicted octanol–water partition coefficient (Wildman–Crippen LogP) is 3.65. The van der Waals surface area contributed by atoms with E-state index < -0.39 is 10.8 Å². The number of rotatable bonds is 8. The molecule has 0 bridgehead atoms. The molecule has 30 heavy (non-hydrogen) atoms. The first kappa shape index (κ1) is 20.5. The molecule has 0 spiro atoms. The second kappa shape index (κ2) is 9.83. The number of non-ortho nitro benzene ring substituents is 1. The van der Waals surface area contributed by atoms with Crippen LogP contribution in [0.25, 0.3) is 0 Å². The average molecular weight is 404 g/mol. The summed E-state index contributed by atoms with van der Waals surface area (Å²) in [4.78, 5) is 27.5. The number of nitro benzene ring substituents is 1. The Kier molecular flexibility index (Phi) is 6.73. The number of nitrogens with one attached hydrogen (secondary N) is 1. The number of hydrogen-bond acceptors (Lipinski definition) is 5. The number of nitrogens with zero attached hydrogens (tertiary/aromatic N) is 2. The van der Waals surface area contributed by atoms with Crippen LogP contribution >= 0.6 is 0 Å². The third kappa shape index (κ3) is 5.41. The van der Waals surface area contributed by atoms with E-state index in [4.69, 9.17) is 10.6 Å². The summed E-state index contributed by atoms with van der Waals surface area (Å²) in [6.07, 6.45) is 0. The van der Waals surface area contributed by atoms with Crippen molar-refractivity contribution in [3.8, 4) is 0 Å². The number of anilines is 1. The van der Waals surface area contributed by atoms with Crippen molar-refractivity contribution in [2.24, 2.45) is 10.9 Å². The van der Waals surface area contributed by atoms with Gasteiger partial charge in [0, 0.05) is 17.8 Å². The van der Waals surface area contributed by atoms with Gasteiger partial charge < -0.3 is 15.9 Å². The molecule has 0 radical (unpaired) electrons. The fraction of sp³-hybridized carbons (Fsp3) is 0.0909. The van der Waals surface area contributed by atoms with Gasteiger partial charge in [0.15, 0.2) is 12.4 Å². The van der Waals surface area contributed by atoms with Gasteiger partial charge in [-0.15, -0.1) is 0 Å². The Morgan fingerprint density at radius 1 is 1.00 bits per heavy atom. The lowest BCUT2D eigenvalue weighted by Gasteiger charge is -2.17. The number of carbonyl (C=O) groups is 1. The molecule has 3 N–H and O–H groups in total. The van der Waals surface area contributed by atoms with E-state index in [-0.39, 0.29) is 24.0 Å². The van der Waals surface area contributed by atoms with Crippen molar-refractivity contribution >= 4 is 23.1 Å². The van der Waals surface area contributed by atoms with Crippen molar-refractivity contribution in [1.82, 2.24) is 0 Å². The summed E-state index contributed by atoms with van der Waals surface area (Å²) in [6, 6.07) is 24.8. The molecule has 1 amide bonds. The normalized spacial score (nSPS) is 11.2. The van der Waals surface area contributed by atoms with E-state index in [1.54, 1.807) is 6.07 Å². The zero-order valence-corrected chi connectivity index (χ0v) is 16.0. The van der Waals surface area contributed by atoms with Gasteiger partial charge in [0.05, 0.1) is 10.8 Å². The largest absolute Gasteiger partial charge is 0.384 e. The van der Waals surface area contributed by atoms with E-state index in [1.165, 1.54) is 18.2 Å². The molecule has 0 aromatic heterocycles. The molecule has 0 fully saturated rings. The topological polar surface area (TPSA) is 120 Å². The van der Waals surface area contributed by atoms with Gasteiger partial charge in [-0.2, -0.15) is 0 Å². The van der Waals surface area contributed by atoms with Crippen LogP contribution in [0.1, 0.15) is 17.0 Å². The summed E-state index contributed by atoms with van der Waals surface area (Å²) in [5.74, 6) is -0.634. The number of oxime groups is 1. The Bertz CT molecular complexity index is 1000. The molecule has 3 aromatic carbocycles. The monoisotopic (exact) mass is 404 g/mol. The molecule has 0 saturated heterocycles. The smallest absolute Gasteiger partial charge is 0.271 e. The first-order valence-corrected chi connectivity index (χ1v) is 9.14. The van der Waals surface area contributed by atoms with Gasteiger partial charge in [-0.3, -0.25) is 14.9 Å². The molecule has 0 aliphatic heterocycles. The van der Waals surface area contributed by atoms with E-state index in [9.17, 15) is 14.9 Å². The second-order valence-electron chi connectivity index (χ2n) is 6.40. The Labute approximate surface area is 173 Å². The highest BCUT2D eigenvalue weighted by atomic mass is 16.6. The molecule has 0 heterocycles. The zero-order valence-electron chi connectivity index (χ0n) is 16.0. The molecule has 0 aliphatic rings. The third-order valence-electron chi connectivity index (χ3n) is 4.27. The fourth-order valence-electron chi connectivity index (χ4n) is 2.94. The van der Waals surface area contributed by atoms with E-state index in [0.29, 0.717) is 5.69 Å². The number of amidine groups is 1. The maximum atomic E-state index is 12.1. The van der Waals surface area contributed by atoms with E-state index in [2.05, 4.69) is 10.5 Å². The third-order valence-corrected chi connectivity index (χ3v) is 4.27. The highest BCUT2D eigenvalue weighted by molar-refractivity contribution is 5.92. The van der Waals surface area contributed by atoms with Gasteiger partial charge in [0.1, 0.15) is 0 Å². The maximum absolute atomic E-state index is 12.1. The summed E-state index contributed by atoms with van der Waals surface area (Å²) in [5.41, 5.74) is 8.24. The van der Waals surface area contributed by atoms with E-state index in [1.807, 2.05) is 60.7 Å². The van der Waals surface area contributed by atoms with Crippen LogP contribution in [0.2, 0.25) is 0 Å². The predicted molar refractivity (Wildman–Crippen MR) is 114 cm³/mol. The molecule has 8 heteroatoms.